The van der Waals surface area contributed by atoms with Crippen LogP contribution in [-0.2, 0) is 9.84 Å². The third kappa shape index (κ3) is 5.22. The number of rotatable bonds is 7. The summed E-state index contributed by atoms with van der Waals surface area (Å²) in [7, 11) is -2.26. The number of nitrogens with zero attached hydrogens (tertiary/aromatic N) is 1. The zero-order chi connectivity index (χ0) is 20.0. The van der Waals surface area contributed by atoms with E-state index in [0.717, 1.165) is 0 Å². The molecule has 8 heteroatoms. The third-order valence-corrected chi connectivity index (χ3v) is 6.15. The highest BCUT2D eigenvalue weighted by Gasteiger charge is 2.22. The van der Waals surface area contributed by atoms with E-state index in [0.29, 0.717) is 10.7 Å². The minimum absolute atomic E-state index is 0.00241. The van der Waals surface area contributed by atoms with Crippen molar-refractivity contribution in [3.8, 4) is 11.8 Å². The molecule has 0 heterocycles. The molecule has 2 aromatic carbocycles. The van der Waals surface area contributed by atoms with E-state index in [4.69, 9.17) is 21.6 Å². The van der Waals surface area contributed by atoms with Gasteiger partial charge in [-0.25, -0.2) is 8.42 Å². The lowest BCUT2D eigenvalue weighted by Crippen LogP contribution is -2.17. The van der Waals surface area contributed by atoms with Crippen LogP contribution in [0.2, 0.25) is 5.02 Å². The maximum absolute atomic E-state index is 12.7. The van der Waals surface area contributed by atoms with Crippen molar-refractivity contribution in [1.82, 2.24) is 0 Å². The Bertz CT molecular complexity index is 983. The monoisotopic (exact) mass is 406 g/mol. The molecule has 27 heavy (non-hydrogen) atoms. The smallest absolute Gasteiger partial charge is 0.259 e. The summed E-state index contributed by atoms with van der Waals surface area (Å²) in [6, 6.07) is 12.8. The van der Waals surface area contributed by atoms with Gasteiger partial charge >= 0.3 is 0 Å². The van der Waals surface area contributed by atoms with Crippen molar-refractivity contribution in [2.45, 2.75) is 18.2 Å². The van der Waals surface area contributed by atoms with Crippen molar-refractivity contribution < 1.29 is 17.9 Å². The normalized spacial score (nSPS) is 12.1. The van der Waals surface area contributed by atoms with Crippen molar-refractivity contribution in [1.29, 1.82) is 5.26 Å². The Balaban J connectivity index is 2.36. The van der Waals surface area contributed by atoms with Crippen LogP contribution >= 0.6 is 11.6 Å². The summed E-state index contributed by atoms with van der Waals surface area (Å²) in [6.07, 6.45) is 0.134. The lowest BCUT2D eigenvalue weighted by atomic mass is 10.1. The van der Waals surface area contributed by atoms with E-state index >= 15 is 0 Å². The molecule has 6 nitrogen and oxygen atoms in total. The van der Waals surface area contributed by atoms with E-state index in [-0.39, 0.29) is 34.3 Å². The predicted molar refractivity (Wildman–Crippen MR) is 104 cm³/mol. The van der Waals surface area contributed by atoms with Gasteiger partial charge in [0.2, 0.25) is 0 Å². The minimum Gasteiger partial charge on any atom is -0.496 e. The van der Waals surface area contributed by atoms with Crippen molar-refractivity contribution in [3.63, 3.8) is 0 Å². The second-order valence-electron chi connectivity index (χ2n) is 6.04. The summed E-state index contributed by atoms with van der Waals surface area (Å²) in [6.45, 7) is 1.69. The predicted octanol–water partition coefficient (Wildman–Crippen LogP) is 3.92. The van der Waals surface area contributed by atoms with Gasteiger partial charge in [0.05, 0.1) is 40.1 Å². The summed E-state index contributed by atoms with van der Waals surface area (Å²) in [4.78, 5) is 12.7. The van der Waals surface area contributed by atoms with Crippen LogP contribution in [0, 0.1) is 17.2 Å². The van der Waals surface area contributed by atoms with Gasteiger partial charge in [-0.1, -0.05) is 30.7 Å². The van der Waals surface area contributed by atoms with Gasteiger partial charge in [-0.05, 0) is 36.2 Å². The standard InChI is InChI=1S/C19H19ClN2O4S/c1-13(9-10-21)12-27(24,25)14-7-8-18(26-2)15(11-14)19(23)22-17-6-4-3-5-16(17)20/h3-8,11,13H,9,12H2,1-2H3,(H,22,23)/t13-/m1/s1. The number of hydrogen-bond acceptors (Lipinski definition) is 5. The van der Waals surface area contributed by atoms with Gasteiger partial charge in [0.1, 0.15) is 5.75 Å². The zero-order valence-electron chi connectivity index (χ0n) is 14.9. The molecule has 0 aliphatic rings. The molecule has 0 saturated heterocycles. The van der Waals surface area contributed by atoms with Gasteiger partial charge in [0, 0.05) is 6.42 Å². The first-order valence-corrected chi connectivity index (χ1v) is 10.1. The largest absolute Gasteiger partial charge is 0.496 e. The molecule has 0 fully saturated rings. The topological polar surface area (TPSA) is 96.3 Å². The molecule has 1 N–H and O–H groups in total. The maximum atomic E-state index is 12.7. The maximum Gasteiger partial charge on any atom is 0.259 e. The van der Waals surface area contributed by atoms with E-state index in [9.17, 15) is 13.2 Å². The first-order valence-electron chi connectivity index (χ1n) is 8.12. The van der Waals surface area contributed by atoms with Crippen LogP contribution in [0.15, 0.2) is 47.4 Å². The van der Waals surface area contributed by atoms with Crippen LogP contribution in [0.5, 0.6) is 5.75 Å². The SMILES string of the molecule is COc1ccc(S(=O)(=O)C[C@H](C)CC#N)cc1C(=O)Nc1ccccc1Cl. The molecule has 0 aromatic heterocycles. The van der Waals surface area contributed by atoms with Gasteiger partial charge in [0.15, 0.2) is 9.84 Å². The van der Waals surface area contributed by atoms with Crippen molar-refractivity contribution >= 4 is 33.0 Å². The van der Waals surface area contributed by atoms with Crippen LogP contribution in [-0.4, -0.2) is 27.2 Å². The second kappa shape index (κ2) is 8.89. The molecule has 0 spiro atoms. The van der Waals surface area contributed by atoms with Gasteiger partial charge < -0.3 is 10.1 Å². The van der Waals surface area contributed by atoms with Crippen LogP contribution in [0.4, 0.5) is 5.69 Å². The second-order valence-corrected chi connectivity index (χ2v) is 8.49. The highest BCUT2D eigenvalue weighted by Crippen LogP contribution is 2.27. The molecule has 0 aliphatic carbocycles. The van der Waals surface area contributed by atoms with Crippen molar-refractivity contribution in [2.75, 3.05) is 18.2 Å². The van der Waals surface area contributed by atoms with E-state index in [2.05, 4.69) is 5.32 Å². The average molecular weight is 407 g/mol. The summed E-state index contributed by atoms with van der Waals surface area (Å²) in [5, 5.41) is 11.7. The number of amides is 1. The highest BCUT2D eigenvalue weighted by atomic mass is 35.5. The number of sulfone groups is 1. The molecule has 0 radical (unpaired) electrons. The van der Waals surface area contributed by atoms with Crippen LogP contribution in [0.1, 0.15) is 23.7 Å². The fourth-order valence-corrected chi connectivity index (χ4v) is 4.31. The number of para-hydroxylation sites is 1. The summed E-state index contributed by atoms with van der Waals surface area (Å²) >= 11 is 6.05. The highest BCUT2D eigenvalue weighted by molar-refractivity contribution is 7.91. The molecule has 0 saturated carbocycles. The molecule has 2 rings (SSSR count). The Morgan fingerprint density at radius 2 is 2.00 bits per heavy atom. The van der Waals surface area contributed by atoms with E-state index in [1.165, 1.54) is 25.3 Å². The van der Waals surface area contributed by atoms with Gasteiger partial charge in [0.25, 0.3) is 5.91 Å². The number of carbonyl (C=O) groups is 1. The lowest BCUT2D eigenvalue weighted by molar-refractivity contribution is 0.102. The Labute approximate surface area is 163 Å². The number of hydrogen-bond donors (Lipinski definition) is 1. The average Bonchev–Trinajstić information content (AvgIpc) is 2.62. The van der Waals surface area contributed by atoms with Crippen LogP contribution in [0.25, 0.3) is 0 Å². The Morgan fingerprint density at radius 3 is 2.63 bits per heavy atom. The number of anilines is 1. The van der Waals surface area contributed by atoms with E-state index in [1.54, 1.807) is 31.2 Å². The molecule has 0 unspecified atom stereocenters. The van der Waals surface area contributed by atoms with Crippen LogP contribution < -0.4 is 10.1 Å². The van der Waals surface area contributed by atoms with Crippen molar-refractivity contribution in [2.24, 2.45) is 5.92 Å². The summed E-state index contributed by atoms with van der Waals surface area (Å²) < 4.78 is 30.4. The number of benzene rings is 2. The lowest BCUT2D eigenvalue weighted by Gasteiger charge is -2.13. The number of nitrogens with one attached hydrogen (secondary N) is 1. The van der Waals surface area contributed by atoms with Crippen molar-refractivity contribution in [3.05, 3.63) is 53.1 Å². The summed E-state index contributed by atoms with van der Waals surface area (Å²) in [5.74, 6) is -0.800. The number of carbonyl (C=O) groups excluding carboxylic acids is 1. The van der Waals surface area contributed by atoms with Crippen LogP contribution in [0.3, 0.4) is 0 Å². The molecule has 1 atom stereocenters. The Kier molecular flexibility index (Phi) is 6.83. The molecule has 1 amide bonds. The molecular weight excluding hydrogens is 388 g/mol. The van der Waals surface area contributed by atoms with E-state index < -0.39 is 15.7 Å². The fourth-order valence-electron chi connectivity index (χ4n) is 2.50. The molecule has 142 valence electrons. The molecule has 2 aromatic rings. The van der Waals surface area contributed by atoms with Gasteiger partial charge in [-0.3, -0.25) is 4.79 Å². The number of nitriles is 1. The molecular formula is C19H19ClN2O4S. The summed E-state index contributed by atoms with van der Waals surface area (Å²) in [5.41, 5.74) is 0.480. The van der Waals surface area contributed by atoms with E-state index in [1.807, 2.05) is 6.07 Å². The number of methoxy groups -OCH3 is 1. The molecule has 0 bridgehead atoms. The Hall–Kier alpha value is -2.56. The first kappa shape index (κ1) is 20.7. The Morgan fingerprint density at radius 1 is 1.30 bits per heavy atom. The quantitative estimate of drug-likeness (QED) is 0.751. The third-order valence-electron chi connectivity index (χ3n) is 3.84. The first-order chi connectivity index (χ1) is 12.8. The molecule has 0 aliphatic heterocycles. The van der Waals surface area contributed by atoms with Gasteiger partial charge in [-0.2, -0.15) is 5.26 Å². The fraction of sp³-hybridized carbons (Fsp3) is 0.263. The number of halogens is 1. The number of ether oxygens (including phenoxy) is 1. The zero-order valence-corrected chi connectivity index (χ0v) is 16.5. The minimum atomic E-state index is -3.66. The van der Waals surface area contributed by atoms with Gasteiger partial charge in [-0.15, -0.1) is 0 Å².